The van der Waals surface area contributed by atoms with Gasteiger partial charge >= 0.3 is 6.03 Å². The lowest BCUT2D eigenvalue weighted by molar-refractivity contribution is 0.250. The minimum Gasteiger partial charge on any atom is -0.350 e. The Kier molecular flexibility index (Phi) is 3.69. The third kappa shape index (κ3) is 2.83. The van der Waals surface area contributed by atoms with Crippen molar-refractivity contribution in [2.24, 2.45) is 5.73 Å². The van der Waals surface area contributed by atoms with Crippen molar-refractivity contribution in [3.05, 3.63) is 27.2 Å². The lowest BCUT2D eigenvalue weighted by atomic mass is 10.3. The van der Waals surface area contributed by atoms with Crippen LogP contribution in [0.3, 0.4) is 0 Å². The molecular weight excluding hydrogens is 248 g/mol. The van der Waals surface area contributed by atoms with Gasteiger partial charge in [-0.25, -0.2) is 4.79 Å². The van der Waals surface area contributed by atoms with E-state index in [-0.39, 0.29) is 10.0 Å². The number of primary amides is 1. The Labute approximate surface area is 95.3 Å². The molecule has 2 amide bonds. The minimum atomic E-state index is -0.743. The average Bonchev–Trinajstić information content (AvgIpc) is 2.01. The highest BCUT2D eigenvalue weighted by Crippen LogP contribution is 2.32. The summed E-state index contributed by atoms with van der Waals surface area (Å²) in [5, 5.41) is 0.983. The van der Waals surface area contributed by atoms with Crippen molar-refractivity contribution in [1.29, 1.82) is 0 Å². The number of rotatable bonds is 2. The Balaban J connectivity index is 2.91. The van der Waals surface area contributed by atoms with Crippen molar-refractivity contribution in [2.75, 3.05) is 5.43 Å². The summed E-state index contributed by atoms with van der Waals surface area (Å²) in [5.41, 5.74) is 9.79. The molecule has 0 bridgehead atoms. The Morgan fingerprint density at radius 3 is 2.14 bits per heavy atom. The number of carbonyl (C=O) groups is 1. The Morgan fingerprint density at radius 1 is 1.21 bits per heavy atom. The number of hydrazine groups is 1. The fourth-order valence-electron chi connectivity index (χ4n) is 0.786. The zero-order valence-electron chi connectivity index (χ0n) is 6.77. The highest BCUT2D eigenvalue weighted by Gasteiger charge is 2.07. The summed E-state index contributed by atoms with van der Waals surface area (Å²) in [6.07, 6.45) is 0. The first-order valence-electron chi connectivity index (χ1n) is 3.46. The molecule has 7 heteroatoms. The van der Waals surface area contributed by atoms with E-state index in [1.807, 2.05) is 0 Å². The molecule has 0 aliphatic rings. The second-order valence-electron chi connectivity index (χ2n) is 2.36. The lowest BCUT2D eigenvalue weighted by Gasteiger charge is -2.10. The van der Waals surface area contributed by atoms with Crippen molar-refractivity contribution < 1.29 is 4.79 Å². The summed E-state index contributed by atoms with van der Waals surface area (Å²) in [6.45, 7) is 0. The van der Waals surface area contributed by atoms with Crippen LogP contribution < -0.4 is 16.6 Å². The molecule has 0 spiro atoms. The zero-order chi connectivity index (χ0) is 10.7. The number of amides is 2. The van der Waals surface area contributed by atoms with E-state index < -0.39 is 6.03 Å². The maximum atomic E-state index is 10.4. The molecule has 0 radical (unpaired) electrons. The van der Waals surface area contributed by atoms with Crippen LogP contribution in [0.5, 0.6) is 0 Å². The summed E-state index contributed by atoms with van der Waals surface area (Å²) in [4.78, 5) is 10.4. The van der Waals surface area contributed by atoms with Gasteiger partial charge in [-0.1, -0.05) is 34.8 Å². The number of nitrogens with two attached hydrogens (primary N) is 1. The number of nitrogens with one attached hydrogen (secondary N) is 2. The fraction of sp³-hybridized carbons (Fsp3) is 0. The molecule has 4 nitrogen and oxygen atoms in total. The predicted molar refractivity (Wildman–Crippen MR) is 57.8 cm³/mol. The molecule has 0 aliphatic heterocycles. The van der Waals surface area contributed by atoms with Crippen LogP contribution in [-0.2, 0) is 0 Å². The van der Waals surface area contributed by atoms with Gasteiger partial charge in [0.2, 0.25) is 0 Å². The third-order valence-electron chi connectivity index (χ3n) is 1.32. The van der Waals surface area contributed by atoms with Gasteiger partial charge < -0.3 is 5.73 Å². The molecule has 0 saturated carbocycles. The van der Waals surface area contributed by atoms with Crippen LogP contribution in [-0.4, -0.2) is 6.03 Å². The molecule has 14 heavy (non-hydrogen) atoms. The topological polar surface area (TPSA) is 67.2 Å². The molecule has 0 heterocycles. The Bertz CT molecular complexity index is 346. The summed E-state index contributed by atoms with van der Waals surface area (Å²) in [5.74, 6) is 0. The van der Waals surface area contributed by atoms with Crippen molar-refractivity contribution in [3.63, 3.8) is 0 Å². The van der Waals surface area contributed by atoms with E-state index in [1.165, 1.54) is 12.1 Å². The van der Waals surface area contributed by atoms with E-state index in [0.29, 0.717) is 10.7 Å². The fourth-order valence-corrected chi connectivity index (χ4v) is 1.70. The summed E-state index contributed by atoms with van der Waals surface area (Å²) >= 11 is 17.3. The first-order chi connectivity index (χ1) is 6.50. The van der Waals surface area contributed by atoms with Crippen molar-refractivity contribution in [1.82, 2.24) is 5.43 Å². The van der Waals surface area contributed by atoms with Crippen LogP contribution in [0, 0.1) is 0 Å². The van der Waals surface area contributed by atoms with Gasteiger partial charge in [0.05, 0.1) is 15.7 Å². The summed E-state index contributed by atoms with van der Waals surface area (Å²) < 4.78 is 0. The van der Waals surface area contributed by atoms with Crippen molar-refractivity contribution in [2.45, 2.75) is 0 Å². The van der Waals surface area contributed by atoms with Crippen LogP contribution in [0.2, 0.25) is 15.1 Å². The van der Waals surface area contributed by atoms with Gasteiger partial charge in [0, 0.05) is 5.02 Å². The number of hydrogen-bond acceptors (Lipinski definition) is 2. The molecule has 0 aromatic heterocycles. The van der Waals surface area contributed by atoms with Crippen LogP contribution in [0.4, 0.5) is 10.5 Å². The maximum absolute atomic E-state index is 10.4. The Hall–Kier alpha value is -0.840. The van der Waals surface area contributed by atoms with Gasteiger partial charge in [0.25, 0.3) is 0 Å². The van der Waals surface area contributed by atoms with Crippen LogP contribution in [0.15, 0.2) is 12.1 Å². The number of urea groups is 1. The quantitative estimate of drug-likeness (QED) is 0.710. The zero-order valence-corrected chi connectivity index (χ0v) is 9.04. The van der Waals surface area contributed by atoms with Gasteiger partial charge in [0.15, 0.2) is 0 Å². The molecule has 4 N–H and O–H groups in total. The molecule has 0 atom stereocenters. The molecular formula is C7H6Cl3N3O. The van der Waals surface area contributed by atoms with E-state index in [4.69, 9.17) is 40.5 Å². The molecule has 0 saturated heterocycles. The normalized spacial score (nSPS) is 9.64. The van der Waals surface area contributed by atoms with E-state index in [1.54, 1.807) is 0 Å². The summed E-state index contributed by atoms with van der Waals surface area (Å²) in [6, 6.07) is 2.23. The molecule has 1 aromatic rings. The van der Waals surface area contributed by atoms with Crippen LogP contribution in [0.25, 0.3) is 0 Å². The standard InChI is InChI=1S/C7H6Cl3N3O/c8-3-1-4(9)6(5(10)2-3)12-13-7(11)14/h1-2,12H,(H3,11,13,14). The largest absolute Gasteiger partial charge is 0.350 e. The molecule has 0 unspecified atom stereocenters. The van der Waals surface area contributed by atoms with E-state index in [2.05, 4.69) is 10.9 Å². The molecule has 1 aromatic carbocycles. The van der Waals surface area contributed by atoms with Gasteiger partial charge in [0.1, 0.15) is 0 Å². The number of carbonyl (C=O) groups excluding carboxylic acids is 1. The number of anilines is 1. The first kappa shape index (κ1) is 11.2. The SMILES string of the molecule is NC(=O)NNc1c(Cl)cc(Cl)cc1Cl. The van der Waals surface area contributed by atoms with Gasteiger partial charge in [-0.05, 0) is 12.1 Å². The second-order valence-corrected chi connectivity index (χ2v) is 3.61. The molecule has 1 rings (SSSR count). The van der Waals surface area contributed by atoms with E-state index >= 15 is 0 Å². The molecule has 76 valence electrons. The van der Waals surface area contributed by atoms with E-state index in [0.717, 1.165) is 0 Å². The van der Waals surface area contributed by atoms with E-state index in [9.17, 15) is 4.79 Å². The number of benzene rings is 1. The van der Waals surface area contributed by atoms with Crippen molar-refractivity contribution >= 4 is 46.5 Å². The highest BCUT2D eigenvalue weighted by molar-refractivity contribution is 6.41. The summed E-state index contributed by atoms with van der Waals surface area (Å²) in [7, 11) is 0. The van der Waals surface area contributed by atoms with Gasteiger partial charge in [-0.3, -0.25) is 10.9 Å². The number of halogens is 3. The number of hydrogen-bond donors (Lipinski definition) is 3. The lowest BCUT2D eigenvalue weighted by Crippen LogP contribution is -2.34. The highest BCUT2D eigenvalue weighted by atomic mass is 35.5. The predicted octanol–water partition coefficient (Wildman–Crippen LogP) is 2.64. The third-order valence-corrected chi connectivity index (χ3v) is 2.13. The smallest absolute Gasteiger partial charge is 0.330 e. The minimum absolute atomic E-state index is 0.288. The monoisotopic (exact) mass is 253 g/mol. The van der Waals surface area contributed by atoms with Crippen molar-refractivity contribution in [3.8, 4) is 0 Å². The van der Waals surface area contributed by atoms with Crippen LogP contribution >= 0.6 is 34.8 Å². The average molecular weight is 255 g/mol. The maximum Gasteiger partial charge on any atom is 0.330 e. The second kappa shape index (κ2) is 4.59. The van der Waals surface area contributed by atoms with Gasteiger partial charge in [-0.15, -0.1) is 0 Å². The molecule has 0 aliphatic carbocycles. The van der Waals surface area contributed by atoms with Crippen LogP contribution in [0.1, 0.15) is 0 Å². The Morgan fingerprint density at radius 2 is 1.71 bits per heavy atom. The van der Waals surface area contributed by atoms with Gasteiger partial charge in [-0.2, -0.15) is 0 Å². The molecule has 0 fully saturated rings. The first-order valence-corrected chi connectivity index (χ1v) is 4.60.